The Labute approximate surface area is 121 Å². The summed E-state index contributed by atoms with van der Waals surface area (Å²) in [5.41, 5.74) is 1.95. The van der Waals surface area contributed by atoms with E-state index in [-0.39, 0.29) is 5.91 Å². The number of rotatable bonds is 4. The summed E-state index contributed by atoms with van der Waals surface area (Å²) in [5.74, 6) is 0.566. The minimum atomic E-state index is -0.222. The molecule has 7 heteroatoms. The Hall–Kier alpha value is -2.96. The van der Waals surface area contributed by atoms with Crippen LogP contribution in [0.25, 0.3) is 11.3 Å². The third kappa shape index (κ3) is 2.81. The first-order chi connectivity index (χ1) is 10.2. The average Bonchev–Trinajstić information content (AvgIpc) is 3.15. The molecule has 0 fully saturated rings. The zero-order chi connectivity index (χ0) is 14.7. The van der Waals surface area contributed by atoms with Crippen LogP contribution in [-0.2, 0) is 13.6 Å². The lowest BCUT2D eigenvalue weighted by molar-refractivity contribution is 0.0944. The minimum absolute atomic E-state index is 0.222. The zero-order valence-electron chi connectivity index (χ0n) is 11.4. The van der Waals surface area contributed by atoms with Gasteiger partial charge in [0.1, 0.15) is 11.5 Å². The molecule has 1 amide bonds. The van der Waals surface area contributed by atoms with E-state index in [1.165, 1.54) is 0 Å². The highest BCUT2D eigenvalue weighted by atomic mass is 16.1. The van der Waals surface area contributed by atoms with Crippen molar-refractivity contribution in [3.63, 3.8) is 0 Å². The lowest BCUT2D eigenvalue weighted by atomic mass is 10.2. The maximum absolute atomic E-state index is 12.1. The molecule has 0 unspecified atom stereocenters. The summed E-state index contributed by atoms with van der Waals surface area (Å²) in [5, 5.41) is 9.65. The number of carbonyl (C=O) groups excluding carboxylic acids is 1. The molecular weight excluding hydrogens is 268 g/mol. The summed E-state index contributed by atoms with van der Waals surface area (Å²) in [6, 6.07) is 5.41. The Morgan fingerprint density at radius 3 is 3.05 bits per heavy atom. The van der Waals surface area contributed by atoms with Crippen LogP contribution in [0.5, 0.6) is 0 Å². The second-order valence-corrected chi connectivity index (χ2v) is 4.55. The van der Waals surface area contributed by atoms with E-state index in [1.54, 1.807) is 24.7 Å². The first-order valence-corrected chi connectivity index (χ1v) is 6.44. The molecule has 3 rings (SSSR count). The molecule has 2 N–H and O–H groups in total. The molecule has 106 valence electrons. The molecule has 0 spiro atoms. The lowest BCUT2D eigenvalue weighted by Gasteiger charge is -2.03. The van der Waals surface area contributed by atoms with Gasteiger partial charge in [-0.15, -0.1) is 0 Å². The van der Waals surface area contributed by atoms with E-state index in [9.17, 15) is 4.79 Å². The van der Waals surface area contributed by atoms with Crippen LogP contribution < -0.4 is 5.32 Å². The summed E-state index contributed by atoms with van der Waals surface area (Å²) in [6.07, 6.45) is 6.92. The van der Waals surface area contributed by atoms with Crippen LogP contribution in [-0.4, -0.2) is 30.6 Å². The number of imidazole rings is 1. The number of pyridine rings is 1. The molecule has 0 aliphatic rings. The van der Waals surface area contributed by atoms with Crippen molar-refractivity contribution in [3.8, 4) is 11.3 Å². The number of hydrogen-bond donors (Lipinski definition) is 2. The molecule has 0 atom stereocenters. The first kappa shape index (κ1) is 13.0. The van der Waals surface area contributed by atoms with Gasteiger partial charge in [-0.2, -0.15) is 5.10 Å². The molecule has 0 saturated heterocycles. The monoisotopic (exact) mass is 282 g/mol. The Morgan fingerprint density at radius 2 is 2.33 bits per heavy atom. The second-order valence-electron chi connectivity index (χ2n) is 4.55. The number of aryl methyl sites for hydroxylation is 1. The van der Waals surface area contributed by atoms with Gasteiger partial charge in [0.15, 0.2) is 0 Å². The highest BCUT2D eigenvalue weighted by Gasteiger charge is 2.11. The van der Waals surface area contributed by atoms with Crippen LogP contribution in [0.4, 0.5) is 0 Å². The normalized spacial score (nSPS) is 10.5. The van der Waals surface area contributed by atoms with E-state index in [0.717, 1.165) is 11.4 Å². The largest absolute Gasteiger partial charge is 0.343 e. The average molecular weight is 282 g/mol. The molecule has 0 radical (unpaired) electrons. The van der Waals surface area contributed by atoms with Crippen molar-refractivity contribution >= 4 is 5.91 Å². The van der Waals surface area contributed by atoms with E-state index in [2.05, 4.69) is 25.5 Å². The summed E-state index contributed by atoms with van der Waals surface area (Å²) in [4.78, 5) is 20.2. The van der Waals surface area contributed by atoms with Gasteiger partial charge in [0, 0.05) is 37.4 Å². The Bertz CT molecular complexity index is 746. The van der Waals surface area contributed by atoms with Crippen molar-refractivity contribution in [2.45, 2.75) is 6.54 Å². The van der Waals surface area contributed by atoms with Gasteiger partial charge in [-0.05, 0) is 18.2 Å². The van der Waals surface area contributed by atoms with Crippen LogP contribution in [0.15, 0.2) is 43.0 Å². The number of hydrogen-bond acceptors (Lipinski definition) is 4. The van der Waals surface area contributed by atoms with Crippen LogP contribution in [0.3, 0.4) is 0 Å². The van der Waals surface area contributed by atoms with Gasteiger partial charge in [0.05, 0.1) is 12.2 Å². The van der Waals surface area contributed by atoms with Crippen LogP contribution in [0.1, 0.15) is 16.3 Å². The number of nitrogens with one attached hydrogen (secondary N) is 2. The maximum Gasteiger partial charge on any atom is 0.269 e. The molecule has 3 aromatic heterocycles. The Kier molecular flexibility index (Phi) is 3.46. The fourth-order valence-corrected chi connectivity index (χ4v) is 1.92. The molecule has 3 heterocycles. The molecule has 21 heavy (non-hydrogen) atoms. The molecule has 0 aliphatic carbocycles. The molecule has 0 aliphatic heterocycles. The fourth-order valence-electron chi connectivity index (χ4n) is 1.92. The lowest BCUT2D eigenvalue weighted by Crippen LogP contribution is -2.24. The second kappa shape index (κ2) is 5.58. The quantitative estimate of drug-likeness (QED) is 0.751. The number of aromatic amines is 1. The first-order valence-electron chi connectivity index (χ1n) is 6.44. The predicted molar refractivity (Wildman–Crippen MR) is 76.2 cm³/mol. The summed E-state index contributed by atoms with van der Waals surface area (Å²) in [6.45, 7) is 0.365. The van der Waals surface area contributed by atoms with Gasteiger partial charge in [-0.1, -0.05) is 0 Å². The highest BCUT2D eigenvalue weighted by Crippen LogP contribution is 2.15. The van der Waals surface area contributed by atoms with Gasteiger partial charge >= 0.3 is 0 Å². The SMILES string of the molecule is Cn1ccnc1CNC(=O)c1cc(-c2cccnc2)n[nH]1. The number of amides is 1. The molecular formula is C14H14N6O. The van der Waals surface area contributed by atoms with Gasteiger partial charge in [-0.25, -0.2) is 4.98 Å². The molecule has 7 nitrogen and oxygen atoms in total. The van der Waals surface area contributed by atoms with E-state index in [4.69, 9.17) is 0 Å². The van der Waals surface area contributed by atoms with Gasteiger partial charge in [0.2, 0.25) is 0 Å². The summed E-state index contributed by atoms with van der Waals surface area (Å²) >= 11 is 0. The van der Waals surface area contributed by atoms with Crippen molar-refractivity contribution in [2.75, 3.05) is 0 Å². The van der Waals surface area contributed by atoms with Crippen LogP contribution >= 0.6 is 0 Å². The Morgan fingerprint density at radius 1 is 1.43 bits per heavy atom. The van der Waals surface area contributed by atoms with Crippen molar-refractivity contribution in [2.24, 2.45) is 7.05 Å². The topological polar surface area (TPSA) is 88.5 Å². The maximum atomic E-state index is 12.1. The van der Waals surface area contributed by atoms with Crippen molar-refractivity contribution < 1.29 is 4.79 Å². The third-order valence-electron chi connectivity index (χ3n) is 3.11. The van der Waals surface area contributed by atoms with Crippen molar-refractivity contribution in [1.29, 1.82) is 0 Å². The number of H-pyrrole nitrogens is 1. The standard InChI is InChI=1S/C14H14N6O/c1-20-6-5-16-13(20)9-17-14(21)12-7-11(18-19-12)10-3-2-4-15-8-10/h2-8H,9H2,1H3,(H,17,21)(H,18,19). The van der Waals surface area contributed by atoms with E-state index in [1.807, 2.05) is 29.9 Å². The van der Waals surface area contributed by atoms with E-state index < -0.39 is 0 Å². The number of nitrogens with zero attached hydrogens (tertiary/aromatic N) is 4. The smallest absolute Gasteiger partial charge is 0.269 e. The minimum Gasteiger partial charge on any atom is -0.343 e. The zero-order valence-corrected chi connectivity index (χ0v) is 11.4. The highest BCUT2D eigenvalue weighted by molar-refractivity contribution is 5.93. The number of aromatic nitrogens is 5. The number of carbonyl (C=O) groups is 1. The van der Waals surface area contributed by atoms with Gasteiger partial charge < -0.3 is 9.88 Å². The van der Waals surface area contributed by atoms with Crippen LogP contribution in [0, 0.1) is 0 Å². The molecule has 0 bridgehead atoms. The fraction of sp³-hybridized carbons (Fsp3) is 0.143. The van der Waals surface area contributed by atoms with Crippen molar-refractivity contribution in [1.82, 2.24) is 30.0 Å². The summed E-state index contributed by atoms with van der Waals surface area (Å²) < 4.78 is 1.86. The van der Waals surface area contributed by atoms with E-state index >= 15 is 0 Å². The van der Waals surface area contributed by atoms with Crippen LogP contribution in [0.2, 0.25) is 0 Å². The summed E-state index contributed by atoms with van der Waals surface area (Å²) in [7, 11) is 1.88. The third-order valence-corrected chi connectivity index (χ3v) is 3.11. The van der Waals surface area contributed by atoms with Gasteiger partial charge in [-0.3, -0.25) is 14.9 Å². The van der Waals surface area contributed by atoms with Crippen molar-refractivity contribution in [3.05, 3.63) is 54.5 Å². The molecule has 0 saturated carbocycles. The molecule has 0 aromatic carbocycles. The van der Waals surface area contributed by atoms with Gasteiger partial charge in [0.25, 0.3) is 5.91 Å². The van der Waals surface area contributed by atoms with E-state index in [0.29, 0.717) is 17.9 Å². The molecule has 3 aromatic rings. The Balaban J connectivity index is 1.69. The predicted octanol–water partition coefficient (Wildman–Crippen LogP) is 1.14.